The van der Waals surface area contributed by atoms with Gasteiger partial charge < -0.3 is 0 Å². The number of rotatable bonds is 3. The molecule has 0 aromatic heterocycles. The molecule has 0 unspecified atom stereocenters. The number of benzene rings is 1. The van der Waals surface area contributed by atoms with Crippen LogP contribution in [0.5, 0.6) is 0 Å². The van der Waals surface area contributed by atoms with E-state index in [9.17, 15) is 0 Å². The maximum absolute atomic E-state index is 2.46. The van der Waals surface area contributed by atoms with E-state index in [-0.39, 0.29) is 0 Å². The van der Waals surface area contributed by atoms with Crippen LogP contribution >= 0.6 is 0 Å². The predicted molar refractivity (Wildman–Crippen MR) is 70.6 cm³/mol. The zero-order valence-corrected chi connectivity index (χ0v) is 10.2. The summed E-state index contributed by atoms with van der Waals surface area (Å²) in [6.07, 6.45) is 11.9. The molecule has 1 aromatic carbocycles. The maximum atomic E-state index is 2.46. The van der Waals surface area contributed by atoms with Gasteiger partial charge in [0, 0.05) is 0 Å². The summed E-state index contributed by atoms with van der Waals surface area (Å²) in [6.45, 7) is 2.29. The van der Waals surface area contributed by atoms with Crippen molar-refractivity contribution in [2.45, 2.75) is 44.9 Å². The smallest absolute Gasteiger partial charge is 0.00103 e. The average Bonchev–Trinajstić information content (AvgIpc) is 2.38. The summed E-state index contributed by atoms with van der Waals surface area (Å²) >= 11 is 0. The molecule has 0 heteroatoms. The van der Waals surface area contributed by atoms with Crippen LogP contribution in [-0.2, 0) is 0 Å². The lowest BCUT2D eigenvalue weighted by Gasteiger charge is -2.18. The minimum atomic E-state index is 0.558. The molecule has 1 aliphatic carbocycles. The average molecular weight is 214 g/mol. The molecule has 86 valence electrons. The highest BCUT2D eigenvalue weighted by atomic mass is 14.2. The Bertz CT molecular complexity index is 317. The van der Waals surface area contributed by atoms with Crippen molar-refractivity contribution in [3.05, 3.63) is 48.0 Å². The lowest BCUT2D eigenvalue weighted by molar-refractivity contribution is 0.418. The van der Waals surface area contributed by atoms with E-state index < -0.39 is 0 Å². The summed E-state index contributed by atoms with van der Waals surface area (Å²) in [5.74, 6) is 1.41. The normalized spacial score (nSPS) is 20.1. The molecule has 0 N–H and O–H groups in total. The van der Waals surface area contributed by atoms with Crippen LogP contribution in [-0.4, -0.2) is 0 Å². The van der Waals surface area contributed by atoms with Crippen molar-refractivity contribution >= 4 is 0 Å². The lowest BCUT2D eigenvalue weighted by atomic mass is 9.88. The van der Waals surface area contributed by atoms with Gasteiger partial charge in [0.05, 0.1) is 0 Å². The Balaban J connectivity index is 1.91. The van der Waals surface area contributed by atoms with Crippen LogP contribution in [0, 0.1) is 5.92 Å². The Labute approximate surface area is 99.4 Å². The molecule has 0 saturated heterocycles. The Kier molecular flexibility index (Phi) is 4.21. The SMILES string of the molecule is C[C@@H](/C=C/C1CCCCC1)c1ccccc1. The molecule has 0 spiro atoms. The molecule has 1 atom stereocenters. The predicted octanol–water partition coefficient (Wildman–Crippen LogP) is 4.93. The topological polar surface area (TPSA) is 0 Å². The summed E-state index contributed by atoms with van der Waals surface area (Å²) in [7, 11) is 0. The summed E-state index contributed by atoms with van der Waals surface area (Å²) in [5, 5.41) is 0. The third-order valence-electron chi connectivity index (χ3n) is 3.65. The van der Waals surface area contributed by atoms with Crippen LogP contribution in [0.1, 0.15) is 50.5 Å². The first-order valence-corrected chi connectivity index (χ1v) is 6.59. The second-order valence-electron chi connectivity index (χ2n) is 4.98. The van der Waals surface area contributed by atoms with Crippen molar-refractivity contribution < 1.29 is 0 Å². The van der Waals surface area contributed by atoms with E-state index in [4.69, 9.17) is 0 Å². The van der Waals surface area contributed by atoms with Gasteiger partial charge in [0.15, 0.2) is 0 Å². The summed E-state index contributed by atoms with van der Waals surface area (Å²) in [5.41, 5.74) is 1.43. The molecule has 0 heterocycles. The number of hydrogen-bond acceptors (Lipinski definition) is 0. The Morgan fingerprint density at radius 1 is 1.06 bits per heavy atom. The molecular formula is C16H22. The van der Waals surface area contributed by atoms with Crippen molar-refractivity contribution in [1.29, 1.82) is 0 Å². The van der Waals surface area contributed by atoms with Gasteiger partial charge in [-0.2, -0.15) is 0 Å². The Morgan fingerprint density at radius 3 is 2.44 bits per heavy atom. The quantitative estimate of drug-likeness (QED) is 0.626. The largest absolute Gasteiger partial charge is 0.0848 e. The maximum Gasteiger partial charge on any atom is -0.00103 e. The standard InChI is InChI=1S/C16H22/c1-14(16-10-6-3-7-11-16)12-13-15-8-4-2-5-9-15/h3,6-7,10-15H,2,4-5,8-9H2,1H3/b13-12+/t14-/m0/s1. The van der Waals surface area contributed by atoms with Crippen molar-refractivity contribution in [3.8, 4) is 0 Å². The molecular weight excluding hydrogens is 192 g/mol. The van der Waals surface area contributed by atoms with Crippen molar-refractivity contribution in [2.75, 3.05) is 0 Å². The Hall–Kier alpha value is -1.04. The van der Waals surface area contributed by atoms with Crippen LogP contribution in [0.25, 0.3) is 0 Å². The van der Waals surface area contributed by atoms with E-state index in [1.54, 1.807) is 0 Å². The van der Waals surface area contributed by atoms with E-state index >= 15 is 0 Å². The van der Waals surface area contributed by atoms with E-state index in [0.717, 1.165) is 5.92 Å². The van der Waals surface area contributed by atoms with Gasteiger partial charge in [0.25, 0.3) is 0 Å². The van der Waals surface area contributed by atoms with Crippen molar-refractivity contribution in [2.24, 2.45) is 5.92 Å². The molecule has 0 radical (unpaired) electrons. The van der Waals surface area contributed by atoms with Crippen LogP contribution < -0.4 is 0 Å². The van der Waals surface area contributed by atoms with E-state index in [1.165, 1.54) is 37.7 Å². The van der Waals surface area contributed by atoms with E-state index in [1.807, 2.05) is 0 Å². The molecule has 1 aliphatic rings. The molecule has 0 aliphatic heterocycles. The monoisotopic (exact) mass is 214 g/mol. The second-order valence-corrected chi connectivity index (χ2v) is 4.98. The molecule has 2 rings (SSSR count). The first-order valence-electron chi connectivity index (χ1n) is 6.59. The summed E-state index contributed by atoms with van der Waals surface area (Å²) in [4.78, 5) is 0. The van der Waals surface area contributed by atoms with E-state index in [0.29, 0.717) is 5.92 Å². The number of hydrogen-bond donors (Lipinski definition) is 0. The second kappa shape index (κ2) is 5.89. The fraction of sp³-hybridized carbons (Fsp3) is 0.500. The Morgan fingerprint density at radius 2 is 1.75 bits per heavy atom. The fourth-order valence-electron chi connectivity index (χ4n) is 2.52. The minimum Gasteiger partial charge on any atom is -0.0848 e. The zero-order chi connectivity index (χ0) is 11.2. The van der Waals surface area contributed by atoms with Gasteiger partial charge >= 0.3 is 0 Å². The zero-order valence-electron chi connectivity index (χ0n) is 10.2. The molecule has 1 fully saturated rings. The molecule has 0 amide bonds. The van der Waals surface area contributed by atoms with E-state index in [2.05, 4.69) is 49.4 Å². The van der Waals surface area contributed by atoms with Crippen molar-refractivity contribution in [3.63, 3.8) is 0 Å². The lowest BCUT2D eigenvalue weighted by Crippen LogP contribution is -2.03. The van der Waals surface area contributed by atoms with Crippen LogP contribution in [0.3, 0.4) is 0 Å². The first kappa shape index (κ1) is 11.4. The highest BCUT2D eigenvalue weighted by molar-refractivity contribution is 5.22. The fourth-order valence-corrected chi connectivity index (χ4v) is 2.52. The highest BCUT2D eigenvalue weighted by Crippen LogP contribution is 2.26. The van der Waals surface area contributed by atoms with Gasteiger partial charge in [-0.05, 0) is 30.2 Å². The summed E-state index contributed by atoms with van der Waals surface area (Å²) < 4.78 is 0. The van der Waals surface area contributed by atoms with Gasteiger partial charge in [-0.1, -0.05) is 68.7 Å². The van der Waals surface area contributed by atoms with Crippen molar-refractivity contribution in [1.82, 2.24) is 0 Å². The third-order valence-corrected chi connectivity index (χ3v) is 3.65. The van der Waals surface area contributed by atoms with Gasteiger partial charge in [0.1, 0.15) is 0 Å². The molecule has 16 heavy (non-hydrogen) atoms. The van der Waals surface area contributed by atoms with Gasteiger partial charge in [-0.3, -0.25) is 0 Å². The van der Waals surface area contributed by atoms with Gasteiger partial charge in [0.2, 0.25) is 0 Å². The third kappa shape index (κ3) is 3.23. The number of allylic oxidation sites excluding steroid dienone is 2. The molecule has 1 aromatic rings. The van der Waals surface area contributed by atoms with Gasteiger partial charge in [-0.25, -0.2) is 0 Å². The molecule has 1 saturated carbocycles. The van der Waals surface area contributed by atoms with Gasteiger partial charge in [-0.15, -0.1) is 0 Å². The van der Waals surface area contributed by atoms with Crippen LogP contribution in [0.2, 0.25) is 0 Å². The minimum absolute atomic E-state index is 0.558. The molecule has 0 bridgehead atoms. The highest BCUT2D eigenvalue weighted by Gasteiger charge is 2.10. The summed E-state index contributed by atoms with van der Waals surface area (Å²) in [6, 6.07) is 10.8. The van der Waals surface area contributed by atoms with Crippen LogP contribution in [0.15, 0.2) is 42.5 Å². The van der Waals surface area contributed by atoms with Crippen LogP contribution in [0.4, 0.5) is 0 Å². The first-order chi connectivity index (χ1) is 7.86. The molecule has 0 nitrogen and oxygen atoms in total.